The van der Waals surface area contributed by atoms with Crippen molar-refractivity contribution in [3.63, 3.8) is 0 Å². The predicted octanol–water partition coefficient (Wildman–Crippen LogP) is 4.58. The minimum absolute atomic E-state index is 0.387. The minimum atomic E-state index is -0.387. The van der Waals surface area contributed by atoms with Crippen molar-refractivity contribution in [2.24, 2.45) is 0 Å². The molecular formula is C13H12Cl2O2. The first-order valence-electron chi connectivity index (χ1n) is 5.15. The first kappa shape index (κ1) is 12.3. The van der Waals surface area contributed by atoms with Gasteiger partial charge in [-0.2, -0.15) is 0 Å². The molecule has 0 radical (unpaired) electrons. The van der Waals surface area contributed by atoms with Gasteiger partial charge in [-0.15, -0.1) is 11.6 Å². The molecule has 0 saturated heterocycles. The molecule has 0 fully saturated rings. The van der Waals surface area contributed by atoms with Gasteiger partial charge in [0, 0.05) is 5.02 Å². The minimum Gasteiger partial charge on any atom is -0.497 e. The van der Waals surface area contributed by atoms with Gasteiger partial charge in [-0.05, 0) is 36.8 Å². The molecule has 1 atom stereocenters. The van der Waals surface area contributed by atoms with E-state index < -0.39 is 0 Å². The molecule has 0 N–H and O–H groups in total. The molecule has 1 unspecified atom stereocenters. The predicted molar refractivity (Wildman–Crippen MR) is 69.1 cm³/mol. The van der Waals surface area contributed by atoms with Crippen LogP contribution in [0.4, 0.5) is 0 Å². The Balaban J connectivity index is 2.34. The molecule has 0 spiro atoms. The van der Waals surface area contributed by atoms with Crippen molar-refractivity contribution in [1.82, 2.24) is 0 Å². The molecule has 1 aromatic carbocycles. The first-order valence-corrected chi connectivity index (χ1v) is 5.97. The van der Waals surface area contributed by atoms with E-state index in [9.17, 15) is 0 Å². The van der Waals surface area contributed by atoms with Crippen LogP contribution >= 0.6 is 23.2 Å². The third-order valence-electron chi connectivity index (χ3n) is 2.49. The van der Waals surface area contributed by atoms with Crippen LogP contribution < -0.4 is 4.74 Å². The van der Waals surface area contributed by atoms with E-state index in [0.717, 1.165) is 11.3 Å². The van der Waals surface area contributed by atoms with Crippen LogP contribution in [0, 0.1) is 6.92 Å². The zero-order valence-corrected chi connectivity index (χ0v) is 11.0. The van der Waals surface area contributed by atoms with Gasteiger partial charge in [-0.1, -0.05) is 17.7 Å². The Morgan fingerprint density at radius 2 is 2.00 bits per heavy atom. The fourth-order valence-electron chi connectivity index (χ4n) is 1.58. The summed E-state index contributed by atoms with van der Waals surface area (Å²) in [6.45, 7) is 1.88. The number of aryl methyl sites for hydroxylation is 1. The van der Waals surface area contributed by atoms with Crippen LogP contribution in [0.3, 0.4) is 0 Å². The highest BCUT2D eigenvalue weighted by Gasteiger charge is 2.17. The van der Waals surface area contributed by atoms with Crippen molar-refractivity contribution in [3.05, 3.63) is 52.4 Å². The molecular weight excluding hydrogens is 259 g/mol. The number of furan rings is 1. The van der Waals surface area contributed by atoms with E-state index in [2.05, 4.69) is 0 Å². The highest BCUT2D eigenvalue weighted by atomic mass is 35.5. The van der Waals surface area contributed by atoms with Gasteiger partial charge in [0.2, 0.25) is 0 Å². The normalized spacial score (nSPS) is 12.5. The molecule has 2 rings (SSSR count). The number of methoxy groups -OCH3 is 1. The maximum atomic E-state index is 6.33. The molecule has 1 heterocycles. The van der Waals surface area contributed by atoms with E-state index in [4.69, 9.17) is 32.4 Å². The molecule has 0 aliphatic carbocycles. The van der Waals surface area contributed by atoms with Gasteiger partial charge in [0.05, 0.1) is 7.11 Å². The van der Waals surface area contributed by atoms with Crippen LogP contribution in [0.1, 0.15) is 22.5 Å². The first-order chi connectivity index (χ1) is 8.11. The molecule has 4 heteroatoms. The summed E-state index contributed by atoms with van der Waals surface area (Å²) in [7, 11) is 1.60. The Bertz CT molecular complexity index is 520. The lowest BCUT2D eigenvalue weighted by atomic mass is 10.1. The lowest BCUT2D eigenvalue weighted by Crippen LogP contribution is -1.93. The quantitative estimate of drug-likeness (QED) is 0.762. The highest BCUT2D eigenvalue weighted by molar-refractivity contribution is 6.33. The summed E-state index contributed by atoms with van der Waals surface area (Å²) in [6, 6.07) is 9.14. The third-order valence-corrected chi connectivity index (χ3v) is 3.27. The van der Waals surface area contributed by atoms with Crippen molar-refractivity contribution >= 4 is 23.2 Å². The summed E-state index contributed by atoms with van der Waals surface area (Å²) in [4.78, 5) is 0. The Hall–Kier alpha value is -1.12. The maximum absolute atomic E-state index is 6.33. The second kappa shape index (κ2) is 5.03. The Labute approximate surface area is 110 Å². The topological polar surface area (TPSA) is 22.4 Å². The molecule has 0 saturated carbocycles. The standard InChI is InChI=1S/C13H12Cl2O2/c1-8-3-6-12(17-8)13(15)10-5-4-9(16-2)7-11(10)14/h3-7,13H,1-2H3. The molecule has 1 aromatic heterocycles. The van der Waals surface area contributed by atoms with Crippen LogP contribution in [0.2, 0.25) is 5.02 Å². The van der Waals surface area contributed by atoms with Gasteiger partial charge in [0.25, 0.3) is 0 Å². The summed E-state index contributed by atoms with van der Waals surface area (Å²) in [5.74, 6) is 2.23. The Morgan fingerprint density at radius 1 is 1.24 bits per heavy atom. The van der Waals surface area contributed by atoms with Crippen molar-refractivity contribution in [2.45, 2.75) is 12.3 Å². The number of benzene rings is 1. The highest BCUT2D eigenvalue weighted by Crippen LogP contribution is 2.36. The second-order valence-corrected chi connectivity index (χ2v) is 4.54. The largest absolute Gasteiger partial charge is 0.497 e. The molecule has 0 bridgehead atoms. The van der Waals surface area contributed by atoms with Crippen LogP contribution in [-0.4, -0.2) is 7.11 Å². The maximum Gasteiger partial charge on any atom is 0.126 e. The van der Waals surface area contributed by atoms with E-state index in [1.165, 1.54) is 0 Å². The van der Waals surface area contributed by atoms with E-state index >= 15 is 0 Å². The fourth-order valence-corrected chi connectivity index (χ4v) is 2.23. The van der Waals surface area contributed by atoms with Gasteiger partial charge in [0.1, 0.15) is 22.6 Å². The van der Waals surface area contributed by atoms with Crippen molar-refractivity contribution in [2.75, 3.05) is 7.11 Å². The molecule has 0 amide bonds. The van der Waals surface area contributed by atoms with E-state index in [-0.39, 0.29) is 5.38 Å². The van der Waals surface area contributed by atoms with Crippen LogP contribution in [0.15, 0.2) is 34.7 Å². The summed E-state index contributed by atoms with van der Waals surface area (Å²) < 4.78 is 10.6. The smallest absolute Gasteiger partial charge is 0.126 e. The number of alkyl halides is 1. The van der Waals surface area contributed by atoms with E-state index in [1.807, 2.05) is 31.2 Å². The van der Waals surface area contributed by atoms with Crippen LogP contribution in [0.25, 0.3) is 0 Å². The number of hydrogen-bond acceptors (Lipinski definition) is 2. The van der Waals surface area contributed by atoms with Gasteiger partial charge in [-0.25, -0.2) is 0 Å². The monoisotopic (exact) mass is 270 g/mol. The zero-order chi connectivity index (χ0) is 12.4. The number of halogens is 2. The summed E-state index contributed by atoms with van der Waals surface area (Å²) in [6.07, 6.45) is 0. The molecule has 2 nitrogen and oxygen atoms in total. The Kier molecular flexibility index (Phi) is 3.65. The van der Waals surface area contributed by atoms with Crippen LogP contribution in [0.5, 0.6) is 5.75 Å². The molecule has 0 aliphatic rings. The Morgan fingerprint density at radius 3 is 2.53 bits per heavy atom. The van der Waals surface area contributed by atoms with E-state index in [0.29, 0.717) is 16.5 Å². The fraction of sp³-hybridized carbons (Fsp3) is 0.231. The van der Waals surface area contributed by atoms with Crippen LogP contribution in [-0.2, 0) is 0 Å². The number of ether oxygens (including phenoxy) is 1. The van der Waals surface area contributed by atoms with Gasteiger partial charge in [-0.3, -0.25) is 0 Å². The summed E-state index contributed by atoms with van der Waals surface area (Å²) in [5, 5.41) is 0.181. The lowest BCUT2D eigenvalue weighted by molar-refractivity contribution is 0.414. The zero-order valence-electron chi connectivity index (χ0n) is 9.54. The SMILES string of the molecule is COc1ccc(C(Cl)c2ccc(C)o2)c(Cl)c1. The lowest BCUT2D eigenvalue weighted by Gasteiger charge is -2.10. The molecule has 2 aromatic rings. The molecule has 0 aliphatic heterocycles. The van der Waals surface area contributed by atoms with E-state index in [1.54, 1.807) is 13.2 Å². The van der Waals surface area contributed by atoms with Gasteiger partial charge in [0.15, 0.2) is 0 Å². The van der Waals surface area contributed by atoms with Crippen molar-refractivity contribution in [3.8, 4) is 5.75 Å². The van der Waals surface area contributed by atoms with Crippen molar-refractivity contribution < 1.29 is 9.15 Å². The van der Waals surface area contributed by atoms with Crippen molar-refractivity contribution in [1.29, 1.82) is 0 Å². The molecule has 17 heavy (non-hydrogen) atoms. The summed E-state index contributed by atoms with van der Waals surface area (Å²) >= 11 is 12.5. The number of rotatable bonds is 3. The average Bonchev–Trinajstić information content (AvgIpc) is 2.75. The second-order valence-electron chi connectivity index (χ2n) is 3.70. The summed E-state index contributed by atoms with van der Waals surface area (Å²) in [5.41, 5.74) is 0.809. The van der Waals surface area contributed by atoms with Gasteiger partial charge < -0.3 is 9.15 Å². The third kappa shape index (κ3) is 2.59. The number of hydrogen-bond donors (Lipinski definition) is 0. The average molecular weight is 271 g/mol. The molecule has 90 valence electrons. The van der Waals surface area contributed by atoms with Gasteiger partial charge >= 0.3 is 0 Å².